The van der Waals surface area contributed by atoms with Gasteiger partial charge in [-0.05, 0) is 31.5 Å². The molecule has 1 rings (SSSR count). The number of benzene rings is 1. The lowest BCUT2D eigenvalue weighted by Crippen LogP contribution is -2.36. The van der Waals surface area contributed by atoms with Gasteiger partial charge in [0.1, 0.15) is 6.54 Å². The predicted octanol–water partition coefficient (Wildman–Crippen LogP) is 2.22. The number of sulfonamides is 1. The van der Waals surface area contributed by atoms with Gasteiger partial charge in [-0.25, -0.2) is 8.42 Å². The van der Waals surface area contributed by atoms with E-state index in [0.717, 1.165) is 4.31 Å². The minimum Gasteiger partial charge on any atom is -0.465 e. The largest absolute Gasteiger partial charge is 0.465 e. The van der Waals surface area contributed by atoms with E-state index in [4.69, 9.17) is 16.3 Å². The molecule has 20 heavy (non-hydrogen) atoms. The Balaban J connectivity index is 3.12. The van der Waals surface area contributed by atoms with Gasteiger partial charge in [0.15, 0.2) is 0 Å². The van der Waals surface area contributed by atoms with Gasteiger partial charge in [0.25, 0.3) is 0 Å². The highest BCUT2D eigenvalue weighted by atomic mass is 35.5. The minimum absolute atomic E-state index is 0.108. The molecule has 0 aliphatic heterocycles. The summed E-state index contributed by atoms with van der Waals surface area (Å²) in [7, 11) is -3.77. The first-order chi connectivity index (χ1) is 9.32. The molecule has 112 valence electrons. The number of esters is 1. The maximum atomic E-state index is 12.5. The SMILES string of the molecule is CCOC(=O)CN(CC)S(=O)(=O)c1cc(Cl)ccc1C. The highest BCUT2D eigenvalue weighted by molar-refractivity contribution is 7.89. The Morgan fingerprint density at radius 3 is 2.55 bits per heavy atom. The van der Waals surface area contributed by atoms with Crippen LogP contribution in [0.5, 0.6) is 0 Å². The van der Waals surface area contributed by atoms with Gasteiger partial charge >= 0.3 is 5.97 Å². The van der Waals surface area contributed by atoms with Gasteiger partial charge in [0.05, 0.1) is 11.5 Å². The van der Waals surface area contributed by atoms with E-state index in [1.807, 2.05) is 0 Å². The number of halogens is 1. The Hall–Kier alpha value is -1.11. The molecule has 0 radical (unpaired) electrons. The first-order valence-electron chi connectivity index (χ1n) is 6.24. The average Bonchev–Trinajstić information content (AvgIpc) is 2.38. The number of aryl methyl sites for hydroxylation is 1. The molecule has 0 spiro atoms. The van der Waals surface area contributed by atoms with Gasteiger partial charge in [0, 0.05) is 11.6 Å². The zero-order valence-corrected chi connectivity index (χ0v) is 13.3. The van der Waals surface area contributed by atoms with Crippen molar-refractivity contribution in [1.29, 1.82) is 0 Å². The summed E-state index contributed by atoms with van der Waals surface area (Å²) in [6.45, 7) is 5.10. The lowest BCUT2D eigenvalue weighted by molar-refractivity contribution is -0.143. The predicted molar refractivity (Wildman–Crippen MR) is 77.3 cm³/mol. The summed E-state index contributed by atoms with van der Waals surface area (Å²) in [5, 5.41) is 0.335. The Kier molecular flexibility index (Phi) is 5.98. The van der Waals surface area contributed by atoms with Crippen LogP contribution in [0.1, 0.15) is 19.4 Å². The molecule has 0 fully saturated rings. The zero-order valence-electron chi connectivity index (χ0n) is 11.7. The fraction of sp³-hybridized carbons (Fsp3) is 0.462. The molecule has 0 bridgehead atoms. The topological polar surface area (TPSA) is 63.7 Å². The van der Waals surface area contributed by atoms with Gasteiger partial charge in [-0.1, -0.05) is 24.6 Å². The van der Waals surface area contributed by atoms with E-state index in [1.54, 1.807) is 32.9 Å². The third kappa shape index (κ3) is 3.94. The monoisotopic (exact) mass is 319 g/mol. The molecular weight excluding hydrogens is 302 g/mol. The molecule has 0 unspecified atom stereocenters. The van der Waals surface area contributed by atoms with Crippen molar-refractivity contribution in [3.05, 3.63) is 28.8 Å². The molecular formula is C13H18ClNO4S. The van der Waals surface area contributed by atoms with Crippen LogP contribution in [-0.4, -0.2) is 38.4 Å². The molecule has 0 atom stereocenters. The molecule has 5 nitrogen and oxygen atoms in total. The lowest BCUT2D eigenvalue weighted by atomic mass is 10.2. The highest BCUT2D eigenvalue weighted by Gasteiger charge is 2.27. The van der Waals surface area contributed by atoms with Crippen molar-refractivity contribution in [3.63, 3.8) is 0 Å². The van der Waals surface area contributed by atoms with Crippen LogP contribution in [-0.2, 0) is 19.6 Å². The van der Waals surface area contributed by atoms with E-state index < -0.39 is 16.0 Å². The molecule has 7 heteroatoms. The Labute approximate surface area is 124 Å². The summed E-state index contributed by atoms with van der Waals surface area (Å²) in [4.78, 5) is 11.6. The average molecular weight is 320 g/mol. The number of carbonyl (C=O) groups excluding carboxylic acids is 1. The summed E-state index contributed by atoms with van der Waals surface area (Å²) >= 11 is 5.85. The van der Waals surface area contributed by atoms with Crippen molar-refractivity contribution in [1.82, 2.24) is 4.31 Å². The normalized spacial score (nSPS) is 11.7. The molecule has 0 aliphatic rings. The summed E-state index contributed by atoms with van der Waals surface area (Å²) in [6, 6.07) is 4.64. The molecule has 1 aromatic carbocycles. The molecule has 0 aliphatic carbocycles. The number of carbonyl (C=O) groups is 1. The minimum atomic E-state index is -3.77. The summed E-state index contributed by atoms with van der Waals surface area (Å²) in [6.07, 6.45) is 0. The van der Waals surface area contributed by atoms with Gasteiger partial charge in [-0.15, -0.1) is 0 Å². The fourth-order valence-electron chi connectivity index (χ4n) is 1.71. The molecule has 0 amide bonds. The third-order valence-corrected chi connectivity index (χ3v) is 5.03. The van der Waals surface area contributed by atoms with Crippen molar-refractivity contribution in [2.75, 3.05) is 19.7 Å². The number of hydrogen-bond acceptors (Lipinski definition) is 4. The van der Waals surface area contributed by atoms with Crippen molar-refractivity contribution >= 4 is 27.6 Å². The van der Waals surface area contributed by atoms with Crippen molar-refractivity contribution in [2.45, 2.75) is 25.7 Å². The summed E-state index contributed by atoms with van der Waals surface area (Å²) in [5.41, 5.74) is 0.580. The Bertz CT molecular complexity index is 586. The van der Waals surface area contributed by atoms with E-state index in [-0.39, 0.29) is 24.6 Å². The van der Waals surface area contributed by atoms with E-state index >= 15 is 0 Å². The van der Waals surface area contributed by atoms with E-state index in [9.17, 15) is 13.2 Å². The van der Waals surface area contributed by atoms with E-state index in [1.165, 1.54) is 6.07 Å². The first kappa shape index (κ1) is 16.9. The van der Waals surface area contributed by atoms with Crippen LogP contribution in [0.2, 0.25) is 5.02 Å². The molecule has 0 aromatic heterocycles. The zero-order chi connectivity index (χ0) is 15.3. The van der Waals surface area contributed by atoms with Gasteiger partial charge in [-0.2, -0.15) is 4.31 Å². The van der Waals surface area contributed by atoms with Crippen LogP contribution in [0.15, 0.2) is 23.1 Å². The van der Waals surface area contributed by atoms with Crippen LogP contribution in [0.25, 0.3) is 0 Å². The number of ether oxygens (including phenoxy) is 1. The first-order valence-corrected chi connectivity index (χ1v) is 8.06. The van der Waals surface area contributed by atoms with E-state index in [2.05, 4.69) is 0 Å². The maximum Gasteiger partial charge on any atom is 0.321 e. The molecule has 0 heterocycles. The van der Waals surface area contributed by atoms with Crippen LogP contribution in [0.4, 0.5) is 0 Å². The molecule has 1 aromatic rings. The van der Waals surface area contributed by atoms with Crippen LogP contribution in [0, 0.1) is 6.92 Å². The van der Waals surface area contributed by atoms with Gasteiger partial charge in [-0.3, -0.25) is 4.79 Å². The third-order valence-electron chi connectivity index (χ3n) is 2.73. The van der Waals surface area contributed by atoms with Crippen LogP contribution < -0.4 is 0 Å². The number of nitrogens with zero attached hydrogens (tertiary/aromatic N) is 1. The highest BCUT2D eigenvalue weighted by Crippen LogP contribution is 2.23. The Morgan fingerprint density at radius 1 is 1.35 bits per heavy atom. The van der Waals surface area contributed by atoms with Crippen LogP contribution in [0.3, 0.4) is 0 Å². The van der Waals surface area contributed by atoms with Crippen molar-refractivity contribution < 1.29 is 17.9 Å². The number of likely N-dealkylation sites (N-methyl/N-ethyl adjacent to an activating group) is 1. The maximum absolute atomic E-state index is 12.5. The Morgan fingerprint density at radius 2 is 2.00 bits per heavy atom. The van der Waals surface area contributed by atoms with Crippen molar-refractivity contribution in [2.24, 2.45) is 0 Å². The van der Waals surface area contributed by atoms with Crippen molar-refractivity contribution in [3.8, 4) is 0 Å². The van der Waals surface area contributed by atoms with E-state index in [0.29, 0.717) is 10.6 Å². The quantitative estimate of drug-likeness (QED) is 0.754. The van der Waals surface area contributed by atoms with Gasteiger partial charge < -0.3 is 4.74 Å². The second-order valence-corrected chi connectivity index (χ2v) is 6.49. The standard InChI is InChI=1S/C13H18ClNO4S/c1-4-15(9-13(16)19-5-2)20(17,18)12-8-11(14)7-6-10(12)3/h6-8H,4-5,9H2,1-3H3. The lowest BCUT2D eigenvalue weighted by Gasteiger charge is -2.20. The van der Waals surface area contributed by atoms with Gasteiger partial charge in [0.2, 0.25) is 10.0 Å². The molecule has 0 N–H and O–H groups in total. The second-order valence-electron chi connectivity index (χ2n) is 4.15. The fourth-order valence-corrected chi connectivity index (χ4v) is 3.59. The second kappa shape index (κ2) is 7.06. The van der Waals surface area contributed by atoms with Crippen LogP contribution >= 0.6 is 11.6 Å². The summed E-state index contributed by atoms with van der Waals surface area (Å²) < 4.78 is 30.9. The smallest absolute Gasteiger partial charge is 0.321 e. The number of rotatable bonds is 6. The number of hydrogen-bond donors (Lipinski definition) is 0. The summed E-state index contributed by atoms with van der Waals surface area (Å²) in [5.74, 6) is -0.572. The molecule has 0 saturated heterocycles. The molecule has 0 saturated carbocycles.